The molecule has 0 spiro atoms. The van der Waals surface area contributed by atoms with Crippen molar-refractivity contribution in [1.29, 1.82) is 0 Å². The van der Waals surface area contributed by atoms with Crippen LogP contribution >= 0.6 is 34.6 Å². The van der Waals surface area contributed by atoms with Gasteiger partial charge in [0.15, 0.2) is 0 Å². The minimum atomic E-state index is -0.0651. The van der Waals surface area contributed by atoms with Crippen LogP contribution in [0.4, 0.5) is 0 Å². The molecule has 0 saturated carbocycles. The van der Waals surface area contributed by atoms with Gasteiger partial charge in [-0.25, -0.2) is 0 Å². The van der Waals surface area contributed by atoms with Crippen molar-refractivity contribution < 1.29 is 7.80 Å². The topological polar surface area (TPSA) is 30.8 Å². The lowest BCUT2D eigenvalue weighted by Crippen LogP contribution is -2.20. The first-order valence-corrected chi connectivity index (χ1v) is 9.94. The van der Waals surface area contributed by atoms with Gasteiger partial charge in [0.25, 0.3) is 0 Å². The minimum Gasteiger partial charge on any atom is -0.493 e. The molecule has 142 valence electrons. The Bertz CT molecular complexity index is 653. The van der Waals surface area contributed by atoms with Crippen molar-refractivity contribution in [3.63, 3.8) is 0 Å². The maximum atomic E-state index is 6.09. The molecule has 0 aliphatic heterocycles. The van der Waals surface area contributed by atoms with E-state index in [1.54, 1.807) is 7.05 Å². The zero-order valence-corrected chi connectivity index (χ0v) is 18.8. The van der Waals surface area contributed by atoms with Gasteiger partial charge in [-0.05, 0) is 51.8 Å². The summed E-state index contributed by atoms with van der Waals surface area (Å²) in [5, 5.41) is 0.864. The molecule has 1 aliphatic carbocycles. The van der Waals surface area contributed by atoms with E-state index < -0.39 is 0 Å². The number of halogens is 2. The van der Waals surface area contributed by atoms with Gasteiger partial charge in [-0.1, -0.05) is 35.7 Å². The first kappa shape index (κ1) is 23.0. The molecular weight excluding hydrogens is 461 g/mol. The van der Waals surface area contributed by atoms with Crippen LogP contribution in [-0.4, -0.2) is 25.5 Å². The number of aliphatic imine (C=N–C) groups is 1. The molecule has 5 heteroatoms. The normalized spacial score (nSPS) is 22.0. The van der Waals surface area contributed by atoms with Gasteiger partial charge >= 0.3 is 0 Å². The smallest absolute Gasteiger partial charge is 0.117 e. The predicted molar refractivity (Wildman–Crippen MR) is 120 cm³/mol. The average molecular weight is 488 g/mol. The molecule has 26 heavy (non-hydrogen) atoms. The van der Waals surface area contributed by atoms with Crippen LogP contribution in [0, 0.1) is 23.7 Å². The van der Waals surface area contributed by atoms with E-state index in [0.717, 1.165) is 29.3 Å². The molecule has 0 aromatic carbocycles. The van der Waals surface area contributed by atoms with Crippen molar-refractivity contribution in [2.45, 2.75) is 39.7 Å². The average Bonchev–Trinajstić information content (AvgIpc) is 2.67. The fourth-order valence-corrected chi connectivity index (χ4v) is 2.97. The molecule has 2 unspecified atom stereocenters. The molecular formula is C21H27ClINO2. The Morgan fingerprint density at radius 1 is 1.50 bits per heavy atom. The zero-order chi connectivity index (χ0) is 19.4. The number of rotatable bonds is 9. The third-order valence-electron chi connectivity index (χ3n) is 4.05. The second-order valence-corrected chi connectivity index (χ2v) is 6.95. The quantitative estimate of drug-likeness (QED) is 0.226. The number of nitrogens with zero attached hydrogens (tertiary/aromatic N) is 1. The van der Waals surface area contributed by atoms with Gasteiger partial charge in [-0.15, -0.1) is 5.92 Å². The van der Waals surface area contributed by atoms with Crippen LogP contribution in [0.15, 0.2) is 52.2 Å². The van der Waals surface area contributed by atoms with E-state index in [0.29, 0.717) is 6.61 Å². The van der Waals surface area contributed by atoms with Gasteiger partial charge in [-0.3, -0.25) is 4.99 Å². The van der Waals surface area contributed by atoms with Crippen LogP contribution in [-0.2, 0) is 7.80 Å². The first-order valence-electron chi connectivity index (χ1n) is 8.68. The number of ether oxygens (including phenoxy) is 1. The van der Waals surface area contributed by atoms with Gasteiger partial charge in [0.1, 0.15) is 41.5 Å². The third-order valence-corrected chi connectivity index (χ3v) is 5.04. The highest BCUT2D eigenvalue weighted by molar-refractivity contribution is 14.1. The summed E-state index contributed by atoms with van der Waals surface area (Å²) in [6, 6.07) is 0. The van der Waals surface area contributed by atoms with Crippen LogP contribution in [0.25, 0.3) is 0 Å². The summed E-state index contributed by atoms with van der Waals surface area (Å²) < 4.78 is 11.5. The summed E-state index contributed by atoms with van der Waals surface area (Å²) in [4.78, 5) is 4.14. The third kappa shape index (κ3) is 8.57. The van der Waals surface area contributed by atoms with Gasteiger partial charge < -0.3 is 7.80 Å². The Kier molecular flexibility index (Phi) is 11.7. The number of allylic oxidation sites excluding steroid dienone is 4. The molecule has 0 saturated heterocycles. The second kappa shape index (κ2) is 13.2. The maximum absolute atomic E-state index is 6.09. The van der Waals surface area contributed by atoms with Gasteiger partial charge in [0, 0.05) is 23.7 Å². The van der Waals surface area contributed by atoms with Crippen molar-refractivity contribution in [3.05, 3.63) is 47.2 Å². The summed E-state index contributed by atoms with van der Waals surface area (Å²) in [6.45, 7) is 6.31. The standard InChI is InChI=1S/C21H27ClINO2/c1-5-7-17(9-12-19(22)6-2)15-25-20-13-11-18(21(14-20)26-23)10-8-16(3)24-4/h6,8,10-11,13-14,17-18,21H,9,12,15H2,1-4H3/b10-8+,19-6+,24-16?/t17?,18-,21?/m0/s1. The summed E-state index contributed by atoms with van der Waals surface area (Å²) in [5.74, 6) is 7.32. The van der Waals surface area contributed by atoms with Crippen molar-refractivity contribution >= 4 is 40.3 Å². The molecule has 0 bridgehead atoms. The number of hydrogen-bond acceptors (Lipinski definition) is 3. The molecule has 3 nitrogen and oxygen atoms in total. The van der Waals surface area contributed by atoms with E-state index in [9.17, 15) is 0 Å². The molecule has 0 amide bonds. The molecule has 0 aromatic heterocycles. The maximum Gasteiger partial charge on any atom is 0.117 e. The lowest BCUT2D eigenvalue weighted by molar-refractivity contribution is 0.182. The fourth-order valence-electron chi connectivity index (χ4n) is 2.38. The summed E-state index contributed by atoms with van der Waals surface area (Å²) >= 11 is 8.03. The SMILES string of the molecule is CC#CC(CC/C(Cl)=C\C)COC1=CC(OI)[C@@H](/C=C/C(C)=NC)C=C1. The molecule has 0 aromatic rings. The molecule has 1 aliphatic rings. The Balaban J connectivity index is 2.66. The van der Waals surface area contributed by atoms with Gasteiger partial charge in [0.05, 0.1) is 5.92 Å². The molecule has 1 rings (SSSR count). The summed E-state index contributed by atoms with van der Waals surface area (Å²) in [5.41, 5.74) is 0.984. The predicted octanol–water partition coefficient (Wildman–Crippen LogP) is 6.02. The van der Waals surface area contributed by atoms with Gasteiger partial charge in [0.2, 0.25) is 0 Å². The van der Waals surface area contributed by atoms with Crippen LogP contribution in [0.5, 0.6) is 0 Å². The zero-order valence-electron chi connectivity index (χ0n) is 15.8. The van der Waals surface area contributed by atoms with Crippen LogP contribution in [0.2, 0.25) is 0 Å². The Labute approximate surface area is 177 Å². The van der Waals surface area contributed by atoms with Crippen molar-refractivity contribution in [3.8, 4) is 11.8 Å². The van der Waals surface area contributed by atoms with Gasteiger partial charge in [-0.2, -0.15) is 0 Å². The van der Waals surface area contributed by atoms with Crippen LogP contribution in [0.3, 0.4) is 0 Å². The Morgan fingerprint density at radius 3 is 2.88 bits per heavy atom. The fraction of sp³-hybridized carbons (Fsp3) is 0.476. The first-order chi connectivity index (χ1) is 12.5. The molecule has 3 atom stereocenters. The summed E-state index contributed by atoms with van der Waals surface area (Å²) in [7, 11) is 1.79. The van der Waals surface area contributed by atoms with E-state index in [2.05, 4.69) is 29.0 Å². The lowest BCUT2D eigenvalue weighted by atomic mass is 9.96. The largest absolute Gasteiger partial charge is 0.493 e. The van der Waals surface area contributed by atoms with E-state index in [1.165, 1.54) is 0 Å². The Morgan fingerprint density at radius 2 is 2.27 bits per heavy atom. The highest BCUT2D eigenvalue weighted by atomic mass is 127. The van der Waals surface area contributed by atoms with Crippen LogP contribution in [0.1, 0.15) is 33.6 Å². The monoisotopic (exact) mass is 487 g/mol. The highest BCUT2D eigenvalue weighted by Gasteiger charge is 2.20. The molecule has 0 fully saturated rings. The van der Waals surface area contributed by atoms with E-state index in [-0.39, 0.29) is 17.9 Å². The van der Waals surface area contributed by atoms with Crippen molar-refractivity contribution in [1.82, 2.24) is 0 Å². The van der Waals surface area contributed by atoms with Crippen LogP contribution < -0.4 is 0 Å². The van der Waals surface area contributed by atoms with E-state index in [4.69, 9.17) is 19.4 Å². The molecule has 0 heterocycles. The van der Waals surface area contributed by atoms with E-state index >= 15 is 0 Å². The lowest BCUT2D eigenvalue weighted by Gasteiger charge is -2.22. The summed E-state index contributed by atoms with van der Waals surface area (Å²) in [6.07, 6.45) is 13.8. The van der Waals surface area contributed by atoms with Crippen molar-refractivity contribution in [2.24, 2.45) is 16.8 Å². The van der Waals surface area contributed by atoms with E-state index in [1.807, 2.05) is 68.1 Å². The minimum absolute atomic E-state index is 0.0651. The Hall–Kier alpha value is -1.03. The van der Waals surface area contributed by atoms with Crippen molar-refractivity contribution in [2.75, 3.05) is 13.7 Å². The number of hydrogen-bond donors (Lipinski definition) is 0. The second-order valence-electron chi connectivity index (χ2n) is 5.96. The molecule has 0 N–H and O–H groups in total. The molecule has 0 radical (unpaired) electrons. The highest BCUT2D eigenvalue weighted by Crippen LogP contribution is 2.24.